The summed E-state index contributed by atoms with van der Waals surface area (Å²) in [5, 5.41) is 4.01. The highest BCUT2D eigenvalue weighted by atomic mass is 32.2. The van der Waals surface area contributed by atoms with Crippen molar-refractivity contribution >= 4 is 17.6 Å². The summed E-state index contributed by atoms with van der Waals surface area (Å²) in [6, 6.07) is 10.5. The Morgan fingerprint density at radius 3 is 2.80 bits per heavy atom. The van der Waals surface area contributed by atoms with Gasteiger partial charge in [0.05, 0.1) is 0 Å². The molecule has 1 N–H and O–H groups in total. The van der Waals surface area contributed by atoms with Crippen LogP contribution in [0.15, 0.2) is 35.4 Å². The summed E-state index contributed by atoms with van der Waals surface area (Å²) in [6.07, 6.45) is 0. The summed E-state index contributed by atoms with van der Waals surface area (Å²) in [6.45, 7) is 2.53. The molecule has 1 aromatic heterocycles. The second-order valence-electron chi connectivity index (χ2n) is 4.47. The molecule has 1 aromatic carbocycles. The lowest BCUT2D eigenvalue weighted by atomic mass is 10.2. The van der Waals surface area contributed by atoms with Crippen LogP contribution in [0.2, 0.25) is 0 Å². The van der Waals surface area contributed by atoms with Crippen LogP contribution >= 0.6 is 11.8 Å². The standard InChI is InChI=1S/C15H19N3OS/c1-11-5-4-6-12(7-11)10-20-15-8-13(16-2)17-14(18-15)9-19-3/h4-8H,9-10H2,1-3H3,(H,16,17,18). The predicted molar refractivity (Wildman–Crippen MR) is 83.0 cm³/mol. The van der Waals surface area contributed by atoms with Crippen LogP contribution in [0.4, 0.5) is 5.82 Å². The van der Waals surface area contributed by atoms with Crippen molar-refractivity contribution in [3.8, 4) is 0 Å². The van der Waals surface area contributed by atoms with E-state index in [9.17, 15) is 0 Å². The maximum Gasteiger partial charge on any atom is 0.157 e. The minimum atomic E-state index is 0.424. The molecule has 2 aromatic rings. The van der Waals surface area contributed by atoms with Crippen LogP contribution in [0, 0.1) is 6.92 Å². The molecule has 5 heteroatoms. The Bertz CT molecular complexity index is 575. The molecule has 0 radical (unpaired) electrons. The van der Waals surface area contributed by atoms with Crippen LogP contribution in [0.3, 0.4) is 0 Å². The Morgan fingerprint density at radius 1 is 1.25 bits per heavy atom. The van der Waals surface area contributed by atoms with Gasteiger partial charge in [-0.15, -0.1) is 11.8 Å². The van der Waals surface area contributed by atoms with E-state index in [4.69, 9.17) is 4.74 Å². The van der Waals surface area contributed by atoms with Gasteiger partial charge in [0, 0.05) is 26.0 Å². The Balaban J connectivity index is 2.10. The zero-order chi connectivity index (χ0) is 14.4. The van der Waals surface area contributed by atoms with Gasteiger partial charge >= 0.3 is 0 Å². The Hall–Kier alpha value is -1.59. The van der Waals surface area contributed by atoms with Crippen LogP contribution in [0.1, 0.15) is 17.0 Å². The van der Waals surface area contributed by atoms with Gasteiger partial charge < -0.3 is 10.1 Å². The van der Waals surface area contributed by atoms with E-state index in [2.05, 4.69) is 46.5 Å². The first kappa shape index (κ1) is 14.8. The third-order valence-electron chi connectivity index (χ3n) is 2.75. The van der Waals surface area contributed by atoms with Gasteiger partial charge in [-0.2, -0.15) is 0 Å². The van der Waals surface area contributed by atoms with E-state index in [1.807, 2.05) is 13.1 Å². The second kappa shape index (κ2) is 7.26. The minimum Gasteiger partial charge on any atom is -0.377 e. The van der Waals surface area contributed by atoms with Gasteiger partial charge in [0.15, 0.2) is 5.82 Å². The van der Waals surface area contributed by atoms with E-state index in [-0.39, 0.29) is 0 Å². The van der Waals surface area contributed by atoms with E-state index >= 15 is 0 Å². The zero-order valence-corrected chi connectivity index (χ0v) is 12.8. The number of benzene rings is 1. The van der Waals surface area contributed by atoms with Crippen molar-refractivity contribution in [3.63, 3.8) is 0 Å². The SMILES string of the molecule is CNc1cc(SCc2cccc(C)c2)nc(COC)n1. The summed E-state index contributed by atoms with van der Waals surface area (Å²) in [4.78, 5) is 8.85. The first-order valence-corrected chi connectivity index (χ1v) is 7.43. The van der Waals surface area contributed by atoms with Crippen LogP contribution in [-0.2, 0) is 17.1 Å². The van der Waals surface area contributed by atoms with Crippen molar-refractivity contribution in [3.05, 3.63) is 47.3 Å². The fourth-order valence-electron chi connectivity index (χ4n) is 1.83. The fourth-order valence-corrected chi connectivity index (χ4v) is 2.69. The van der Waals surface area contributed by atoms with Crippen molar-refractivity contribution in [2.45, 2.75) is 24.3 Å². The normalized spacial score (nSPS) is 10.6. The number of nitrogens with one attached hydrogen (secondary N) is 1. The van der Waals surface area contributed by atoms with Gasteiger partial charge in [0.1, 0.15) is 17.5 Å². The quantitative estimate of drug-likeness (QED) is 0.653. The molecule has 1 heterocycles. The van der Waals surface area contributed by atoms with Gasteiger partial charge in [-0.1, -0.05) is 29.8 Å². The monoisotopic (exact) mass is 289 g/mol. The summed E-state index contributed by atoms with van der Waals surface area (Å²) in [5.41, 5.74) is 2.58. The largest absolute Gasteiger partial charge is 0.377 e. The molecule has 0 amide bonds. The lowest BCUT2D eigenvalue weighted by molar-refractivity contribution is 0.177. The lowest BCUT2D eigenvalue weighted by Gasteiger charge is -2.07. The van der Waals surface area contributed by atoms with E-state index in [1.165, 1.54) is 11.1 Å². The highest BCUT2D eigenvalue weighted by Gasteiger charge is 2.05. The van der Waals surface area contributed by atoms with Crippen molar-refractivity contribution in [1.82, 2.24) is 9.97 Å². The highest BCUT2D eigenvalue weighted by Crippen LogP contribution is 2.23. The Morgan fingerprint density at radius 2 is 2.10 bits per heavy atom. The Kier molecular flexibility index (Phi) is 5.38. The highest BCUT2D eigenvalue weighted by molar-refractivity contribution is 7.98. The van der Waals surface area contributed by atoms with Gasteiger partial charge in [0.25, 0.3) is 0 Å². The van der Waals surface area contributed by atoms with E-state index in [1.54, 1.807) is 18.9 Å². The molecule has 20 heavy (non-hydrogen) atoms. The molecule has 106 valence electrons. The smallest absolute Gasteiger partial charge is 0.157 e. The minimum absolute atomic E-state index is 0.424. The predicted octanol–water partition coefficient (Wildman–Crippen LogP) is 3.27. The average Bonchev–Trinajstić information content (AvgIpc) is 2.45. The number of aromatic nitrogens is 2. The summed E-state index contributed by atoms with van der Waals surface area (Å²) >= 11 is 1.71. The lowest BCUT2D eigenvalue weighted by Crippen LogP contribution is -2.02. The van der Waals surface area contributed by atoms with Crippen LogP contribution in [0.25, 0.3) is 0 Å². The number of thioether (sulfide) groups is 1. The van der Waals surface area contributed by atoms with Crippen molar-refractivity contribution in [1.29, 1.82) is 0 Å². The van der Waals surface area contributed by atoms with Gasteiger partial charge in [-0.3, -0.25) is 0 Å². The van der Waals surface area contributed by atoms with Crippen LogP contribution in [-0.4, -0.2) is 24.1 Å². The maximum atomic E-state index is 5.10. The molecule has 0 saturated carbocycles. The second-order valence-corrected chi connectivity index (χ2v) is 5.46. The molecular formula is C15H19N3OS. The molecule has 0 spiro atoms. The first-order valence-electron chi connectivity index (χ1n) is 6.44. The third-order valence-corrected chi connectivity index (χ3v) is 3.73. The molecule has 0 aliphatic rings. The third kappa shape index (κ3) is 4.21. The average molecular weight is 289 g/mol. The number of methoxy groups -OCH3 is 1. The number of rotatable bonds is 6. The molecule has 0 fully saturated rings. The molecule has 2 rings (SSSR count). The number of hydrogen-bond donors (Lipinski definition) is 1. The summed E-state index contributed by atoms with van der Waals surface area (Å²) in [7, 11) is 3.50. The van der Waals surface area contributed by atoms with E-state index in [0.717, 1.165) is 16.6 Å². The molecule has 4 nitrogen and oxygen atoms in total. The van der Waals surface area contributed by atoms with Crippen LogP contribution < -0.4 is 5.32 Å². The van der Waals surface area contributed by atoms with Crippen molar-refractivity contribution in [2.24, 2.45) is 0 Å². The van der Waals surface area contributed by atoms with Crippen molar-refractivity contribution in [2.75, 3.05) is 19.5 Å². The van der Waals surface area contributed by atoms with E-state index < -0.39 is 0 Å². The topological polar surface area (TPSA) is 47.0 Å². The van der Waals surface area contributed by atoms with Gasteiger partial charge in [-0.05, 0) is 12.5 Å². The molecule has 0 atom stereocenters. The first-order chi connectivity index (χ1) is 9.71. The molecule has 0 bridgehead atoms. The summed E-state index contributed by atoms with van der Waals surface area (Å²) < 4.78 is 5.10. The van der Waals surface area contributed by atoms with Crippen molar-refractivity contribution < 1.29 is 4.74 Å². The number of hydrogen-bond acceptors (Lipinski definition) is 5. The zero-order valence-electron chi connectivity index (χ0n) is 12.0. The molecule has 0 aliphatic heterocycles. The molecule has 0 unspecified atom stereocenters. The molecule has 0 aliphatic carbocycles. The Labute approximate surface area is 124 Å². The number of anilines is 1. The van der Waals surface area contributed by atoms with Crippen LogP contribution in [0.5, 0.6) is 0 Å². The number of nitrogens with zero attached hydrogens (tertiary/aromatic N) is 2. The van der Waals surface area contributed by atoms with Gasteiger partial charge in [-0.25, -0.2) is 9.97 Å². The van der Waals surface area contributed by atoms with Gasteiger partial charge in [0.2, 0.25) is 0 Å². The fraction of sp³-hybridized carbons (Fsp3) is 0.333. The molecule has 0 saturated heterocycles. The van der Waals surface area contributed by atoms with E-state index in [0.29, 0.717) is 12.4 Å². The number of ether oxygens (including phenoxy) is 1. The molecular weight excluding hydrogens is 270 g/mol. The number of aryl methyl sites for hydroxylation is 1. The summed E-state index contributed by atoms with van der Waals surface area (Å²) in [5.74, 6) is 2.42. The maximum absolute atomic E-state index is 5.10.